The molecule has 0 radical (unpaired) electrons. The van der Waals surface area contributed by atoms with Crippen molar-refractivity contribution in [2.75, 3.05) is 13.7 Å². The number of hydrogen-bond acceptors (Lipinski definition) is 6. The summed E-state index contributed by atoms with van der Waals surface area (Å²) in [5, 5.41) is 8.77. The summed E-state index contributed by atoms with van der Waals surface area (Å²) in [7, 11) is 3.40. The van der Waals surface area contributed by atoms with Crippen LogP contribution >= 0.6 is 11.6 Å². The third-order valence-corrected chi connectivity index (χ3v) is 4.62. The number of aryl methyl sites for hydroxylation is 1. The zero-order chi connectivity index (χ0) is 20.5. The first-order valence-corrected chi connectivity index (χ1v) is 9.28. The summed E-state index contributed by atoms with van der Waals surface area (Å²) in [6, 6.07) is 5.35. The Morgan fingerprint density at radius 3 is 3.03 bits per heavy atom. The van der Waals surface area contributed by atoms with Gasteiger partial charge in [0.05, 0.1) is 24.4 Å². The van der Waals surface area contributed by atoms with Gasteiger partial charge in [-0.1, -0.05) is 11.6 Å². The normalized spacial score (nSPS) is 12.4. The molecule has 0 bridgehead atoms. The second kappa shape index (κ2) is 7.69. The number of halogens is 1. The Balaban J connectivity index is 1.68. The van der Waals surface area contributed by atoms with E-state index in [0.29, 0.717) is 34.2 Å². The Labute approximate surface area is 171 Å². The highest BCUT2D eigenvalue weighted by Crippen LogP contribution is 2.30. The van der Waals surface area contributed by atoms with E-state index in [2.05, 4.69) is 25.4 Å². The number of methoxy groups -OCH3 is 1. The highest BCUT2D eigenvalue weighted by atomic mass is 35.5. The number of rotatable bonds is 5. The van der Waals surface area contributed by atoms with Crippen molar-refractivity contribution >= 4 is 39.8 Å². The first kappa shape index (κ1) is 19.2. The van der Waals surface area contributed by atoms with Crippen LogP contribution in [0.25, 0.3) is 33.5 Å². The summed E-state index contributed by atoms with van der Waals surface area (Å²) in [5.74, 6) is 0.278. The molecule has 0 spiro atoms. The Bertz CT molecular complexity index is 1200. The molecule has 0 fully saturated rings. The van der Waals surface area contributed by atoms with Crippen LogP contribution in [-0.2, 0) is 11.8 Å². The smallest absolute Gasteiger partial charge is 0.406 e. The molecular formula is C19H19ClN6O3. The monoisotopic (exact) mass is 414 g/mol. The lowest BCUT2D eigenvalue weighted by atomic mass is 10.2. The second-order valence-corrected chi connectivity index (χ2v) is 7.07. The fraction of sp³-hybridized carbons (Fsp3) is 0.263. The number of fused-ring (bicyclic) bond motifs is 2. The molecule has 0 saturated carbocycles. The van der Waals surface area contributed by atoms with Gasteiger partial charge in [0.15, 0.2) is 16.9 Å². The molecule has 9 nitrogen and oxygen atoms in total. The molecule has 0 unspecified atom stereocenters. The first-order valence-electron chi connectivity index (χ1n) is 8.90. The summed E-state index contributed by atoms with van der Waals surface area (Å²) < 4.78 is 12.1. The number of nitrogens with zero attached hydrogens (tertiary/aromatic N) is 4. The number of H-pyrrole nitrogens is 1. The third kappa shape index (κ3) is 3.74. The highest BCUT2D eigenvalue weighted by molar-refractivity contribution is 6.31. The Morgan fingerprint density at radius 1 is 1.41 bits per heavy atom. The van der Waals surface area contributed by atoms with Gasteiger partial charge in [0.2, 0.25) is 0 Å². The van der Waals surface area contributed by atoms with Gasteiger partial charge in [0, 0.05) is 30.8 Å². The van der Waals surface area contributed by atoms with E-state index in [1.165, 1.54) is 0 Å². The highest BCUT2D eigenvalue weighted by Gasteiger charge is 2.17. The van der Waals surface area contributed by atoms with Crippen LogP contribution in [0, 0.1) is 0 Å². The molecule has 0 aliphatic carbocycles. The summed E-state index contributed by atoms with van der Waals surface area (Å²) >= 11 is 6.10. The van der Waals surface area contributed by atoms with E-state index in [1.807, 2.05) is 26.1 Å². The van der Waals surface area contributed by atoms with Crippen LogP contribution in [0.15, 0.2) is 30.6 Å². The van der Waals surface area contributed by atoms with Crippen molar-refractivity contribution in [3.8, 4) is 17.1 Å². The standard InChI is InChI=1S/C19H19ClN6O3/c1-10(9-28-3)23-19(27)29-15-8-22-18-17(15)24-13(7-21-18)16-12-5-4-11(20)6-14(12)26(2)25-16/h4-8,10H,9H2,1-3H3,(H,21,22)(H,23,27)/t10-/m0/s1. The molecule has 1 amide bonds. The predicted molar refractivity (Wildman–Crippen MR) is 109 cm³/mol. The number of benzene rings is 1. The van der Waals surface area contributed by atoms with Crippen LogP contribution < -0.4 is 10.1 Å². The van der Waals surface area contributed by atoms with E-state index >= 15 is 0 Å². The van der Waals surface area contributed by atoms with Crippen LogP contribution in [0.1, 0.15) is 6.92 Å². The van der Waals surface area contributed by atoms with Crippen LogP contribution in [0.5, 0.6) is 5.75 Å². The van der Waals surface area contributed by atoms with Crippen LogP contribution in [-0.4, -0.2) is 50.6 Å². The summed E-state index contributed by atoms with van der Waals surface area (Å²) in [6.07, 6.45) is 2.57. The van der Waals surface area contributed by atoms with E-state index in [9.17, 15) is 4.79 Å². The average molecular weight is 415 g/mol. The molecule has 29 heavy (non-hydrogen) atoms. The SMILES string of the molecule is COC[C@H](C)NC(=O)Oc1c[nH]c2ncc(-c3nn(C)c4cc(Cl)ccc34)nc12. The fourth-order valence-electron chi connectivity index (χ4n) is 3.10. The van der Waals surface area contributed by atoms with Gasteiger partial charge >= 0.3 is 6.09 Å². The lowest BCUT2D eigenvalue weighted by Crippen LogP contribution is -2.37. The maximum atomic E-state index is 12.1. The molecule has 0 aliphatic heterocycles. The van der Waals surface area contributed by atoms with Crippen LogP contribution in [0.2, 0.25) is 5.02 Å². The van der Waals surface area contributed by atoms with Gasteiger partial charge in [-0.15, -0.1) is 0 Å². The average Bonchev–Trinajstić information content (AvgIpc) is 3.22. The second-order valence-electron chi connectivity index (χ2n) is 6.63. The van der Waals surface area contributed by atoms with Gasteiger partial charge in [-0.05, 0) is 25.1 Å². The van der Waals surface area contributed by atoms with Crippen molar-refractivity contribution in [2.24, 2.45) is 7.05 Å². The molecule has 3 aromatic heterocycles. The maximum absolute atomic E-state index is 12.1. The molecule has 0 saturated heterocycles. The van der Waals surface area contributed by atoms with Gasteiger partial charge in [-0.3, -0.25) is 4.68 Å². The summed E-state index contributed by atoms with van der Waals surface area (Å²) in [6.45, 7) is 2.19. The minimum absolute atomic E-state index is 0.189. The lowest BCUT2D eigenvalue weighted by molar-refractivity contribution is 0.159. The van der Waals surface area contributed by atoms with E-state index in [-0.39, 0.29) is 11.8 Å². The Morgan fingerprint density at radius 2 is 2.24 bits per heavy atom. The molecule has 1 aromatic carbocycles. The number of hydrogen-bond donors (Lipinski definition) is 2. The molecular weight excluding hydrogens is 396 g/mol. The maximum Gasteiger partial charge on any atom is 0.413 e. The molecule has 2 N–H and O–H groups in total. The van der Waals surface area contributed by atoms with Crippen LogP contribution in [0.4, 0.5) is 4.79 Å². The zero-order valence-electron chi connectivity index (χ0n) is 16.1. The van der Waals surface area contributed by atoms with E-state index in [1.54, 1.807) is 30.3 Å². The lowest BCUT2D eigenvalue weighted by Gasteiger charge is -2.12. The summed E-state index contributed by atoms with van der Waals surface area (Å²) in [5.41, 5.74) is 3.04. The number of carbonyl (C=O) groups excluding carboxylic acids is 1. The summed E-state index contributed by atoms with van der Waals surface area (Å²) in [4.78, 5) is 24.1. The Hall–Kier alpha value is -3.17. The molecule has 150 valence electrons. The number of amides is 1. The number of aromatic amines is 1. The first-order chi connectivity index (χ1) is 14.0. The van der Waals surface area contributed by atoms with Crippen LogP contribution in [0.3, 0.4) is 0 Å². The minimum atomic E-state index is -0.597. The number of aromatic nitrogens is 5. The van der Waals surface area contributed by atoms with Crippen molar-refractivity contribution in [1.82, 2.24) is 30.0 Å². The van der Waals surface area contributed by atoms with E-state index in [0.717, 1.165) is 10.9 Å². The van der Waals surface area contributed by atoms with E-state index in [4.69, 9.17) is 21.1 Å². The van der Waals surface area contributed by atoms with Gasteiger partial charge in [-0.2, -0.15) is 5.10 Å². The van der Waals surface area contributed by atoms with Gasteiger partial charge < -0.3 is 19.8 Å². The van der Waals surface area contributed by atoms with Gasteiger partial charge in [0.25, 0.3) is 0 Å². The minimum Gasteiger partial charge on any atom is -0.406 e. The van der Waals surface area contributed by atoms with Crippen molar-refractivity contribution in [1.29, 1.82) is 0 Å². The van der Waals surface area contributed by atoms with Gasteiger partial charge in [-0.25, -0.2) is 14.8 Å². The van der Waals surface area contributed by atoms with Crippen molar-refractivity contribution < 1.29 is 14.3 Å². The fourth-order valence-corrected chi connectivity index (χ4v) is 3.27. The topological polar surface area (TPSA) is 107 Å². The van der Waals surface area contributed by atoms with E-state index < -0.39 is 6.09 Å². The van der Waals surface area contributed by atoms with Crippen molar-refractivity contribution in [3.05, 3.63) is 35.6 Å². The van der Waals surface area contributed by atoms with Crippen molar-refractivity contribution in [2.45, 2.75) is 13.0 Å². The number of nitrogens with one attached hydrogen (secondary N) is 2. The number of carbonyl (C=O) groups is 1. The molecule has 1 atom stereocenters. The predicted octanol–water partition coefficient (Wildman–Crippen LogP) is 3.29. The Kier molecular flexibility index (Phi) is 5.08. The zero-order valence-corrected chi connectivity index (χ0v) is 16.8. The molecule has 4 rings (SSSR count). The quantitative estimate of drug-likeness (QED) is 0.519. The molecule has 4 aromatic rings. The third-order valence-electron chi connectivity index (χ3n) is 4.39. The molecule has 3 heterocycles. The number of ether oxygens (including phenoxy) is 2. The van der Waals surface area contributed by atoms with Gasteiger partial charge in [0.1, 0.15) is 11.4 Å². The molecule has 10 heteroatoms. The van der Waals surface area contributed by atoms with Crippen molar-refractivity contribution in [3.63, 3.8) is 0 Å². The largest absolute Gasteiger partial charge is 0.413 e. The molecule has 0 aliphatic rings.